The molecule has 3 heteroatoms. The molecule has 1 aromatic carbocycles. The zero-order valence-corrected chi connectivity index (χ0v) is 13.2. The molecular weight excluding hydrogens is 262 g/mol. The van der Waals surface area contributed by atoms with Crippen molar-refractivity contribution in [2.45, 2.75) is 51.0 Å². The van der Waals surface area contributed by atoms with Gasteiger partial charge in [0.2, 0.25) is 0 Å². The van der Waals surface area contributed by atoms with Gasteiger partial charge in [-0.2, -0.15) is 0 Å². The van der Waals surface area contributed by atoms with Crippen molar-refractivity contribution in [3.8, 4) is 5.75 Å². The molecular formula is C18H29NO2. The lowest BCUT2D eigenvalue weighted by molar-refractivity contribution is 0.145. The molecule has 0 saturated heterocycles. The van der Waals surface area contributed by atoms with Crippen molar-refractivity contribution in [1.29, 1.82) is 0 Å². The molecule has 1 saturated carbocycles. The highest BCUT2D eigenvalue weighted by Gasteiger charge is 2.22. The molecule has 2 N–H and O–H groups in total. The van der Waals surface area contributed by atoms with Gasteiger partial charge in [0, 0.05) is 18.7 Å². The number of methoxy groups -OCH3 is 1. The average molecular weight is 291 g/mol. The Labute approximate surface area is 128 Å². The third kappa shape index (κ3) is 5.01. The maximum atomic E-state index is 6.58. The quantitative estimate of drug-likeness (QED) is 0.803. The van der Waals surface area contributed by atoms with Gasteiger partial charge in [-0.05, 0) is 24.8 Å². The molecule has 0 aromatic heterocycles. The van der Waals surface area contributed by atoms with E-state index in [9.17, 15) is 0 Å². The minimum atomic E-state index is 0.0850. The number of benzene rings is 1. The number of rotatable bonds is 6. The molecule has 0 bridgehead atoms. The van der Waals surface area contributed by atoms with Crippen molar-refractivity contribution in [3.05, 3.63) is 29.8 Å². The fraction of sp³-hybridized carbons (Fsp3) is 0.667. The van der Waals surface area contributed by atoms with Gasteiger partial charge < -0.3 is 15.2 Å². The topological polar surface area (TPSA) is 44.5 Å². The fourth-order valence-electron chi connectivity index (χ4n) is 3.22. The summed E-state index contributed by atoms with van der Waals surface area (Å²) < 4.78 is 10.9. The van der Waals surface area contributed by atoms with Crippen LogP contribution in [0, 0.1) is 5.92 Å². The smallest absolute Gasteiger partial charge is 0.124 e. The Kier molecular flexibility index (Phi) is 7.04. The Morgan fingerprint density at radius 3 is 2.43 bits per heavy atom. The van der Waals surface area contributed by atoms with Crippen molar-refractivity contribution in [3.63, 3.8) is 0 Å². The summed E-state index contributed by atoms with van der Waals surface area (Å²) in [4.78, 5) is 0. The van der Waals surface area contributed by atoms with Gasteiger partial charge in [0.25, 0.3) is 0 Å². The molecule has 3 nitrogen and oxygen atoms in total. The maximum Gasteiger partial charge on any atom is 0.124 e. The van der Waals surface area contributed by atoms with Crippen molar-refractivity contribution in [2.24, 2.45) is 11.7 Å². The summed E-state index contributed by atoms with van der Waals surface area (Å²) in [6.07, 6.45) is 9.21. The van der Waals surface area contributed by atoms with Crippen LogP contribution in [-0.4, -0.2) is 20.3 Å². The molecule has 2 rings (SSSR count). The predicted octanol–water partition coefficient (Wildman–Crippen LogP) is 4.07. The van der Waals surface area contributed by atoms with Crippen molar-refractivity contribution in [1.82, 2.24) is 0 Å². The van der Waals surface area contributed by atoms with Crippen molar-refractivity contribution < 1.29 is 9.47 Å². The van der Waals surface area contributed by atoms with Gasteiger partial charge in [0.15, 0.2) is 0 Å². The van der Waals surface area contributed by atoms with Crippen LogP contribution in [0.5, 0.6) is 5.75 Å². The number of hydrogen-bond donors (Lipinski definition) is 1. The van der Waals surface area contributed by atoms with Crippen LogP contribution in [-0.2, 0) is 4.74 Å². The number of nitrogens with two attached hydrogens (primary N) is 1. The molecule has 1 aromatic rings. The second-order valence-corrected chi connectivity index (χ2v) is 6.01. The lowest BCUT2D eigenvalue weighted by atomic mass is 9.83. The van der Waals surface area contributed by atoms with E-state index >= 15 is 0 Å². The summed E-state index contributed by atoms with van der Waals surface area (Å²) in [5.74, 6) is 1.50. The van der Waals surface area contributed by atoms with Crippen LogP contribution < -0.4 is 10.5 Å². The molecule has 1 fully saturated rings. The van der Waals surface area contributed by atoms with E-state index in [1.165, 1.54) is 44.9 Å². The molecule has 1 aliphatic rings. The van der Waals surface area contributed by atoms with E-state index in [4.69, 9.17) is 15.2 Å². The van der Waals surface area contributed by atoms with Gasteiger partial charge in [-0.1, -0.05) is 50.3 Å². The molecule has 0 amide bonds. The summed E-state index contributed by atoms with van der Waals surface area (Å²) in [5.41, 5.74) is 7.74. The minimum absolute atomic E-state index is 0.0850. The third-order valence-corrected chi connectivity index (χ3v) is 4.48. The van der Waals surface area contributed by atoms with Gasteiger partial charge in [-0.15, -0.1) is 0 Å². The van der Waals surface area contributed by atoms with Gasteiger partial charge in [-0.3, -0.25) is 0 Å². The highest BCUT2D eigenvalue weighted by molar-refractivity contribution is 5.36. The standard InChI is InChI=1S/C18H29NO2/c1-20-13-14-21-17-12-8-7-11-16(17)18(19)15-9-5-3-2-4-6-10-15/h7-8,11-12,15,18H,2-6,9-10,13-14,19H2,1H3. The zero-order chi connectivity index (χ0) is 14.9. The first-order chi connectivity index (χ1) is 10.3. The molecule has 0 heterocycles. The van der Waals surface area contributed by atoms with Crippen LogP contribution in [0.15, 0.2) is 24.3 Å². The highest BCUT2D eigenvalue weighted by Crippen LogP contribution is 2.35. The molecule has 0 spiro atoms. The molecule has 21 heavy (non-hydrogen) atoms. The van der Waals surface area contributed by atoms with Crippen LogP contribution in [0.25, 0.3) is 0 Å². The first-order valence-electron chi connectivity index (χ1n) is 8.29. The summed E-state index contributed by atoms with van der Waals surface area (Å²) in [7, 11) is 1.69. The van der Waals surface area contributed by atoms with Crippen LogP contribution >= 0.6 is 0 Å². The molecule has 0 aliphatic heterocycles. The normalized spacial score (nSPS) is 18.8. The van der Waals surface area contributed by atoms with E-state index in [2.05, 4.69) is 12.1 Å². The third-order valence-electron chi connectivity index (χ3n) is 4.48. The van der Waals surface area contributed by atoms with Gasteiger partial charge in [0.05, 0.1) is 6.61 Å². The summed E-state index contributed by atoms with van der Waals surface area (Å²) >= 11 is 0. The van der Waals surface area contributed by atoms with Gasteiger partial charge in [0.1, 0.15) is 12.4 Å². The van der Waals surface area contributed by atoms with E-state index in [0.717, 1.165) is 11.3 Å². The van der Waals surface area contributed by atoms with Gasteiger partial charge >= 0.3 is 0 Å². The van der Waals surface area contributed by atoms with E-state index in [0.29, 0.717) is 19.1 Å². The Morgan fingerprint density at radius 1 is 1.05 bits per heavy atom. The SMILES string of the molecule is COCCOc1ccccc1C(N)C1CCCCCCC1. The van der Waals surface area contributed by atoms with Crippen LogP contribution in [0.4, 0.5) is 0 Å². The van der Waals surface area contributed by atoms with Crippen molar-refractivity contribution in [2.75, 3.05) is 20.3 Å². The Bertz CT molecular complexity index is 400. The fourth-order valence-corrected chi connectivity index (χ4v) is 3.22. The van der Waals surface area contributed by atoms with E-state index < -0.39 is 0 Å². The lowest BCUT2D eigenvalue weighted by Gasteiger charge is -2.27. The van der Waals surface area contributed by atoms with E-state index in [1.807, 2.05) is 12.1 Å². The Balaban J connectivity index is 2.04. The van der Waals surface area contributed by atoms with E-state index in [1.54, 1.807) is 7.11 Å². The first kappa shape index (κ1) is 16.3. The molecule has 1 atom stereocenters. The Hall–Kier alpha value is -1.06. The second kappa shape index (κ2) is 9.06. The summed E-state index contributed by atoms with van der Waals surface area (Å²) in [5, 5.41) is 0. The summed E-state index contributed by atoms with van der Waals surface area (Å²) in [6.45, 7) is 1.18. The lowest BCUT2D eigenvalue weighted by Crippen LogP contribution is -2.23. The average Bonchev–Trinajstić information content (AvgIpc) is 2.47. The first-order valence-corrected chi connectivity index (χ1v) is 8.29. The summed E-state index contributed by atoms with van der Waals surface area (Å²) in [6, 6.07) is 8.29. The highest BCUT2D eigenvalue weighted by atomic mass is 16.5. The maximum absolute atomic E-state index is 6.58. The van der Waals surface area contributed by atoms with Crippen LogP contribution in [0.2, 0.25) is 0 Å². The number of ether oxygens (including phenoxy) is 2. The zero-order valence-electron chi connectivity index (χ0n) is 13.2. The van der Waals surface area contributed by atoms with E-state index in [-0.39, 0.29) is 6.04 Å². The molecule has 1 aliphatic carbocycles. The van der Waals surface area contributed by atoms with Crippen molar-refractivity contribution >= 4 is 0 Å². The van der Waals surface area contributed by atoms with Crippen LogP contribution in [0.3, 0.4) is 0 Å². The number of hydrogen-bond acceptors (Lipinski definition) is 3. The largest absolute Gasteiger partial charge is 0.491 e. The second-order valence-electron chi connectivity index (χ2n) is 6.01. The Morgan fingerprint density at radius 2 is 1.71 bits per heavy atom. The molecule has 1 unspecified atom stereocenters. The molecule has 0 radical (unpaired) electrons. The van der Waals surface area contributed by atoms with Gasteiger partial charge in [-0.25, -0.2) is 0 Å². The van der Waals surface area contributed by atoms with Crippen LogP contribution in [0.1, 0.15) is 56.6 Å². The minimum Gasteiger partial charge on any atom is -0.491 e. The number of para-hydroxylation sites is 1. The molecule has 118 valence electrons. The monoisotopic (exact) mass is 291 g/mol. The predicted molar refractivity (Wildman–Crippen MR) is 86.6 cm³/mol.